The van der Waals surface area contributed by atoms with E-state index in [1.54, 1.807) is 0 Å². The van der Waals surface area contributed by atoms with Gasteiger partial charge in [0, 0.05) is 6.61 Å². The first kappa shape index (κ1) is 12.4. The van der Waals surface area contributed by atoms with Gasteiger partial charge in [0.05, 0.1) is 6.10 Å². The van der Waals surface area contributed by atoms with Crippen LogP contribution in [0.1, 0.15) is 57.8 Å². The average Bonchev–Trinajstić information content (AvgIpc) is 2.83. The van der Waals surface area contributed by atoms with E-state index in [0.29, 0.717) is 6.10 Å². The summed E-state index contributed by atoms with van der Waals surface area (Å²) in [6.45, 7) is 1.91. The molecule has 1 heterocycles. The molecule has 1 aliphatic carbocycles. The summed E-state index contributed by atoms with van der Waals surface area (Å²) in [6.07, 6.45) is 12.8. The Balaban J connectivity index is 1.63. The predicted octanol–water partition coefficient (Wildman–Crippen LogP) is 3.10. The number of rotatable bonds is 5. The van der Waals surface area contributed by atoms with Crippen molar-refractivity contribution in [3.05, 3.63) is 0 Å². The molecule has 2 fully saturated rings. The van der Waals surface area contributed by atoms with Gasteiger partial charge in [-0.15, -0.1) is 0 Å². The number of nitrogens with two attached hydrogens (primary N) is 1. The largest absolute Gasteiger partial charge is 0.378 e. The molecule has 16 heavy (non-hydrogen) atoms. The van der Waals surface area contributed by atoms with E-state index in [9.17, 15) is 0 Å². The van der Waals surface area contributed by atoms with Crippen LogP contribution in [0.25, 0.3) is 0 Å². The van der Waals surface area contributed by atoms with Gasteiger partial charge in [0.25, 0.3) is 0 Å². The number of hydrogen-bond acceptors (Lipinski definition) is 2. The van der Waals surface area contributed by atoms with Crippen LogP contribution in [-0.2, 0) is 4.74 Å². The molecule has 0 amide bonds. The van der Waals surface area contributed by atoms with E-state index in [2.05, 4.69) is 0 Å². The third-order valence-electron chi connectivity index (χ3n) is 4.49. The molecule has 2 nitrogen and oxygen atoms in total. The van der Waals surface area contributed by atoms with E-state index >= 15 is 0 Å². The van der Waals surface area contributed by atoms with Crippen LogP contribution in [0.2, 0.25) is 0 Å². The molecular formula is C14H27NO. The maximum Gasteiger partial charge on any atom is 0.0576 e. The highest BCUT2D eigenvalue weighted by Crippen LogP contribution is 2.33. The summed E-state index contributed by atoms with van der Waals surface area (Å²) in [5, 5.41) is 0. The fourth-order valence-corrected chi connectivity index (χ4v) is 3.45. The van der Waals surface area contributed by atoms with Crippen LogP contribution in [0.4, 0.5) is 0 Å². The molecule has 0 spiro atoms. The first-order valence-electron chi connectivity index (χ1n) is 7.22. The summed E-state index contributed by atoms with van der Waals surface area (Å²) in [6, 6.07) is 0. The van der Waals surface area contributed by atoms with E-state index in [1.807, 2.05) is 0 Å². The van der Waals surface area contributed by atoms with Crippen LogP contribution in [-0.4, -0.2) is 19.3 Å². The molecule has 0 aromatic heterocycles. The van der Waals surface area contributed by atoms with Gasteiger partial charge in [0.1, 0.15) is 0 Å². The molecule has 94 valence electrons. The summed E-state index contributed by atoms with van der Waals surface area (Å²) in [7, 11) is 0. The highest BCUT2D eigenvalue weighted by Gasteiger charge is 2.24. The lowest BCUT2D eigenvalue weighted by Crippen LogP contribution is -2.26. The van der Waals surface area contributed by atoms with Crippen molar-refractivity contribution in [2.45, 2.75) is 63.9 Å². The van der Waals surface area contributed by atoms with Crippen molar-refractivity contribution in [1.82, 2.24) is 0 Å². The van der Waals surface area contributed by atoms with Crippen molar-refractivity contribution < 1.29 is 4.74 Å². The topological polar surface area (TPSA) is 35.2 Å². The molecule has 3 unspecified atom stereocenters. The Hall–Kier alpha value is -0.0800. The minimum absolute atomic E-state index is 0.583. The van der Waals surface area contributed by atoms with Crippen molar-refractivity contribution in [1.29, 1.82) is 0 Å². The fourth-order valence-electron chi connectivity index (χ4n) is 3.45. The van der Waals surface area contributed by atoms with Crippen molar-refractivity contribution in [3.8, 4) is 0 Å². The lowest BCUT2D eigenvalue weighted by atomic mass is 9.76. The summed E-state index contributed by atoms with van der Waals surface area (Å²) in [5.74, 6) is 1.73. The summed E-state index contributed by atoms with van der Waals surface area (Å²) in [4.78, 5) is 0. The fraction of sp³-hybridized carbons (Fsp3) is 1.00. The molecule has 2 N–H and O–H groups in total. The first-order valence-corrected chi connectivity index (χ1v) is 7.22. The Kier molecular flexibility index (Phi) is 5.11. The third kappa shape index (κ3) is 3.46. The van der Waals surface area contributed by atoms with Crippen molar-refractivity contribution in [2.24, 2.45) is 17.6 Å². The van der Waals surface area contributed by atoms with Crippen LogP contribution in [0.5, 0.6) is 0 Å². The second kappa shape index (κ2) is 6.61. The molecule has 1 saturated heterocycles. The predicted molar refractivity (Wildman–Crippen MR) is 67.3 cm³/mol. The van der Waals surface area contributed by atoms with E-state index in [-0.39, 0.29) is 0 Å². The molecule has 0 bridgehead atoms. The van der Waals surface area contributed by atoms with Gasteiger partial charge in [0.15, 0.2) is 0 Å². The maximum atomic E-state index is 5.86. The Labute approximate surface area is 99.9 Å². The van der Waals surface area contributed by atoms with Gasteiger partial charge in [-0.25, -0.2) is 0 Å². The minimum atomic E-state index is 0.583. The normalized spacial score (nSPS) is 35.4. The Morgan fingerprint density at radius 2 is 1.75 bits per heavy atom. The van der Waals surface area contributed by atoms with Crippen LogP contribution >= 0.6 is 0 Å². The lowest BCUT2D eigenvalue weighted by Gasteiger charge is -2.30. The van der Waals surface area contributed by atoms with Crippen molar-refractivity contribution in [3.63, 3.8) is 0 Å². The second-order valence-electron chi connectivity index (χ2n) is 5.61. The SMILES string of the molecule is NCC1CCCCC1CCCC1CCCO1. The van der Waals surface area contributed by atoms with Crippen molar-refractivity contribution in [2.75, 3.05) is 13.2 Å². The zero-order valence-electron chi connectivity index (χ0n) is 10.5. The zero-order valence-corrected chi connectivity index (χ0v) is 10.5. The van der Waals surface area contributed by atoms with Gasteiger partial charge in [-0.1, -0.05) is 32.1 Å². The molecule has 0 aromatic rings. The Bertz CT molecular complexity index is 189. The van der Waals surface area contributed by atoms with E-state index < -0.39 is 0 Å². The van der Waals surface area contributed by atoms with Gasteiger partial charge in [-0.05, 0) is 44.1 Å². The van der Waals surface area contributed by atoms with Crippen molar-refractivity contribution >= 4 is 0 Å². The van der Waals surface area contributed by atoms with E-state index in [1.165, 1.54) is 57.8 Å². The third-order valence-corrected chi connectivity index (χ3v) is 4.49. The van der Waals surface area contributed by atoms with Crippen LogP contribution < -0.4 is 5.73 Å². The number of ether oxygens (including phenoxy) is 1. The van der Waals surface area contributed by atoms with Gasteiger partial charge in [0.2, 0.25) is 0 Å². The van der Waals surface area contributed by atoms with Gasteiger partial charge in [-0.2, -0.15) is 0 Å². The zero-order chi connectivity index (χ0) is 11.2. The highest BCUT2D eigenvalue weighted by atomic mass is 16.5. The van der Waals surface area contributed by atoms with Crippen LogP contribution in [0.15, 0.2) is 0 Å². The van der Waals surface area contributed by atoms with Gasteiger partial charge < -0.3 is 10.5 Å². The maximum absolute atomic E-state index is 5.86. The molecule has 0 aromatic carbocycles. The molecule has 2 heteroatoms. The molecule has 1 saturated carbocycles. The molecule has 0 radical (unpaired) electrons. The summed E-state index contributed by atoms with van der Waals surface area (Å²) in [5.41, 5.74) is 5.86. The number of hydrogen-bond donors (Lipinski definition) is 1. The van der Waals surface area contributed by atoms with Gasteiger partial charge >= 0.3 is 0 Å². The average molecular weight is 225 g/mol. The molecule has 3 atom stereocenters. The summed E-state index contributed by atoms with van der Waals surface area (Å²) >= 11 is 0. The quantitative estimate of drug-likeness (QED) is 0.780. The minimum Gasteiger partial charge on any atom is -0.378 e. The highest BCUT2D eigenvalue weighted by molar-refractivity contribution is 4.76. The van der Waals surface area contributed by atoms with Crippen LogP contribution in [0, 0.1) is 11.8 Å². The molecular weight excluding hydrogens is 198 g/mol. The smallest absolute Gasteiger partial charge is 0.0576 e. The molecule has 2 aliphatic rings. The second-order valence-corrected chi connectivity index (χ2v) is 5.61. The molecule has 1 aliphatic heterocycles. The summed E-state index contributed by atoms with van der Waals surface area (Å²) < 4.78 is 5.67. The Morgan fingerprint density at radius 3 is 2.44 bits per heavy atom. The monoisotopic (exact) mass is 225 g/mol. The first-order chi connectivity index (χ1) is 7.90. The van der Waals surface area contributed by atoms with Gasteiger partial charge in [-0.3, -0.25) is 0 Å². The van der Waals surface area contributed by atoms with E-state index in [4.69, 9.17) is 10.5 Å². The Morgan fingerprint density at radius 1 is 0.938 bits per heavy atom. The molecule has 2 rings (SSSR count). The standard InChI is InChI=1S/C14H27NO/c15-11-13-6-2-1-5-12(13)7-3-8-14-9-4-10-16-14/h12-14H,1-11,15H2. The van der Waals surface area contributed by atoms with Crippen LogP contribution in [0.3, 0.4) is 0 Å². The van der Waals surface area contributed by atoms with E-state index in [0.717, 1.165) is 25.0 Å². The lowest BCUT2D eigenvalue weighted by molar-refractivity contribution is 0.0982.